The number of nitro groups is 2. The summed E-state index contributed by atoms with van der Waals surface area (Å²) in [4.78, 5) is 20.2. The van der Waals surface area contributed by atoms with Crippen LogP contribution in [-0.2, 0) is 0 Å². The van der Waals surface area contributed by atoms with E-state index in [0.29, 0.717) is 0 Å². The smallest absolute Gasteiger partial charge is 0.299 e. The van der Waals surface area contributed by atoms with Gasteiger partial charge in [0.05, 0.1) is 9.85 Å². The van der Waals surface area contributed by atoms with Crippen LogP contribution in [-0.4, -0.2) is 14.7 Å². The predicted octanol–water partition coefficient (Wildman–Crippen LogP) is 2.59. The molecule has 23 heavy (non-hydrogen) atoms. The van der Waals surface area contributed by atoms with Crippen LogP contribution in [0, 0.1) is 25.4 Å². The van der Waals surface area contributed by atoms with E-state index in [4.69, 9.17) is 11.5 Å². The summed E-state index contributed by atoms with van der Waals surface area (Å²) in [6.45, 7) is 0. The maximum atomic E-state index is 12.1. The molecule has 0 aliphatic carbocycles. The zero-order valence-electron chi connectivity index (χ0n) is 11.4. The second-order valence-corrected chi connectivity index (χ2v) is 4.31. The highest BCUT2D eigenvalue weighted by molar-refractivity contribution is 5.73. The van der Waals surface area contributed by atoms with Crippen LogP contribution in [0.3, 0.4) is 0 Å². The lowest BCUT2D eigenvalue weighted by Crippen LogP contribution is -2.01. The van der Waals surface area contributed by atoms with E-state index < -0.39 is 21.2 Å². The summed E-state index contributed by atoms with van der Waals surface area (Å²) in [5.41, 5.74) is 9.19. The van der Waals surface area contributed by atoms with E-state index in [1.807, 2.05) is 0 Å². The Morgan fingerprint density at radius 1 is 0.783 bits per heavy atom. The highest BCUT2D eigenvalue weighted by Crippen LogP contribution is 2.35. The zero-order valence-corrected chi connectivity index (χ0v) is 11.4. The molecule has 0 unspecified atom stereocenters. The van der Waals surface area contributed by atoms with Crippen molar-refractivity contribution in [2.24, 2.45) is 5.11 Å². The molecule has 0 bridgehead atoms. The third-order valence-corrected chi connectivity index (χ3v) is 2.92. The van der Waals surface area contributed by atoms with Gasteiger partial charge in [-0.1, -0.05) is 6.07 Å². The van der Waals surface area contributed by atoms with Crippen LogP contribution < -0.4 is 11.5 Å². The number of azo groups is 1. The van der Waals surface area contributed by atoms with E-state index in [9.17, 15) is 25.4 Å². The molecule has 11 nitrogen and oxygen atoms in total. The van der Waals surface area contributed by atoms with Crippen molar-refractivity contribution in [1.29, 1.82) is 0 Å². The highest BCUT2D eigenvalue weighted by atomic mass is 16.6. The van der Waals surface area contributed by atoms with Crippen molar-refractivity contribution in [1.82, 2.24) is 0 Å². The number of nitrogens with zero attached hydrogens (tertiary/aromatic N) is 4. The van der Waals surface area contributed by atoms with Gasteiger partial charge in [0.15, 0.2) is 11.4 Å². The van der Waals surface area contributed by atoms with Gasteiger partial charge in [-0.2, -0.15) is 0 Å². The maximum absolute atomic E-state index is 12.1. The summed E-state index contributed by atoms with van der Waals surface area (Å²) in [6, 6.07) is 7.38. The normalized spacial score (nSPS) is 11.2. The molecule has 0 heterocycles. The van der Waals surface area contributed by atoms with Crippen LogP contribution in [0.25, 0.3) is 0 Å². The molecule has 0 radical (unpaired) electrons. The Kier molecular flexibility index (Phi) is 4.03. The molecule has 0 aromatic heterocycles. The second kappa shape index (κ2) is 5.93. The number of hydrogen-bond donors (Lipinski definition) is 2. The lowest BCUT2D eigenvalue weighted by Gasteiger charge is -2.04. The minimum atomic E-state index is -0.742. The van der Waals surface area contributed by atoms with Gasteiger partial charge in [0, 0.05) is 23.3 Å². The molecule has 11 heteroatoms. The highest BCUT2D eigenvalue weighted by Gasteiger charge is 2.22. The fourth-order valence-corrected chi connectivity index (χ4v) is 1.81. The molecule has 0 fully saturated rings. The van der Waals surface area contributed by atoms with Crippen molar-refractivity contribution < 1.29 is 14.7 Å². The first-order valence-electron chi connectivity index (χ1n) is 6.07. The van der Waals surface area contributed by atoms with E-state index >= 15 is 0 Å². The maximum Gasteiger partial charge on any atom is 0.299 e. The van der Waals surface area contributed by atoms with Crippen molar-refractivity contribution in [3.63, 3.8) is 0 Å². The van der Waals surface area contributed by atoms with E-state index in [0.717, 1.165) is 12.1 Å². The van der Waals surface area contributed by atoms with Gasteiger partial charge in [0.2, 0.25) is 0 Å². The molecule has 0 atom stereocenters. The molecule has 0 spiro atoms. The summed E-state index contributed by atoms with van der Waals surface area (Å²) >= 11 is 0. The monoisotopic (exact) mass is 318 g/mol. The van der Waals surface area contributed by atoms with Crippen LogP contribution in [0.1, 0.15) is 0 Å². The average molecular weight is 318 g/mol. The van der Waals surface area contributed by atoms with Crippen LogP contribution >= 0.6 is 0 Å². The quantitative estimate of drug-likeness (QED) is 0.286. The standard InChI is InChI=1S/C12H10N6O5/c13-11-7(3-1-5-9(11)17(20)21)15-16(19)8-4-2-6-10(12(8)14)18(22)23/h1-6H,13-14H2. The largest absolute Gasteiger partial charge is 0.594 e. The molecule has 2 aromatic carbocycles. The van der Waals surface area contributed by atoms with Crippen molar-refractivity contribution in [3.05, 3.63) is 61.8 Å². The molecule has 0 amide bonds. The summed E-state index contributed by atoms with van der Waals surface area (Å²) in [6.07, 6.45) is 0. The van der Waals surface area contributed by atoms with E-state index in [2.05, 4.69) is 5.11 Å². The van der Waals surface area contributed by atoms with Crippen LogP contribution in [0.5, 0.6) is 0 Å². The van der Waals surface area contributed by atoms with Gasteiger partial charge in [-0.25, -0.2) is 0 Å². The lowest BCUT2D eigenvalue weighted by molar-refractivity contribution is -0.435. The van der Waals surface area contributed by atoms with E-state index in [1.54, 1.807) is 0 Å². The summed E-state index contributed by atoms with van der Waals surface area (Å²) in [5, 5.41) is 37.3. The first-order chi connectivity index (χ1) is 10.8. The average Bonchev–Trinajstić information content (AvgIpc) is 2.48. The Labute approximate surface area is 128 Å². The van der Waals surface area contributed by atoms with Gasteiger partial charge < -0.3 is 16.7 Å². The number of nitro benzene ring substituents is 2. The van der Waals surface area contributed by atoms with Gasteiger partial charge >= 0.3 is 0 Å². The van der Waals surface area contributed by atoms with Gasteiger partial charge in [-0.05, 0) is 17.0 Å². The van der Waals surface area contributed by atoms with Crippen LogP contribution in [0.15, 0.2) is 41.5 Å². The molecule has 0 saturated heterocycles. The van der Waals surface area contributed by atoms with Gasteiger partial charge in [0.1, 0.15) is 5.69 Å². The van der Waals surface area contributed by atoms with Crippen molar-refractivity contribution in [2.45, 2.75) is 0 Å². The fourth-order valence-electron chi connectivity index (χ4n) is 1.81. The molecule has 0 aliphatic rings. The second-order valence-electron chi connectivity index (χ2n) is 4.31. The van der Waals surface area contributed by atoms with E-state index in [-0.39, 0.29) is 27.6 Å². The number of nitrogen functional groups attached to an aromatic ring is 2. The zero-order chi connectivity index (χ0) is 17.1. The lowest BCUT2D eigenvalue weighted by atomic mass is 10.2. The third-order valence-electron chi connectivity index (χ3n) is 2.92. The fraction of sp³-hybridized carbons (Fsp3) is 0. The van der Waals surface area contributed by atoms with Crippen molar-refractivity contribution in [2.75, 3.05) is 11.5 Å². The minimum Gasteiger partial charge on any atom is -0.594 e. The number of anilines is 2. The summed E-state index contributed by atoms with van der Waals surface area (Å²) in [7, 11) is 0. The van der Waals surface area contributed by atoms with Crippen LogP contribution in [0.4, 0.5) is 34.1 Å². The topological polar surface area (TPSA) is 177 Å². The summed E-state index contributed by atoms with van der Waals surface area (Å²) < 4.78 is 0. The number of hydrogen-bond acceptors (Lipinski definition) is 8. The number of benzene rings is 2. The van der Waals surface area contributed by atoms with Crippen molar-refractivity contribution >= 4 is 34.1 Å². The summed E-state index contributed by atoms with van der Waals surface area (Å²) in [5.74, 6) is 0. The Morgan fingerprint density at radius 3 is 1.83 bits per heavy atom. The Bertz CT molecular complexity index is 835. The van der Waals surface area contributed by atoms with Crippen LogP contribution in [0.2, 0.25) is 0 Å². The molecule has 0 saturated carbocycles. The molecular weight excluding hydrogens is 308 g/mol. The van der Waals surface area contributed by atoms with Gasteiger partial charge in [0.25, 0.3) is 17.1 Å². The first kappa shape index (κ1) is 15.6. The number of rotatable bonds is 4. The molecule has 2 aromatic rings. The molecular formula is C12H10N6O5. The molecule has 118 valence electrons. The molecule has 2 rings (SSSR count). The molecule has 4 N–H and O–H groups in total. The number of para-hydroxylation sites is 2. The number of nitrogens with two attached hydrogens (primary N) is 2. The van der Waals surface area contributed by atoms with Gasteiger partial charge in [-0.15, -0.1) is 0 Å². The Balaban J connectivity index is 2.54. The third kappa shape index (κ3) is 2.97. The minimum absolute atomic E-state index is 0.0255. The SMILES string of the molecule is Nc1c(N=[N+]([O-])c2cccc([N+](=O)[O-])c2N)cccc1[N+](=O)[O-]. The predicted molar refractivity (Wildman–Crippen MR) is 80.4 cm³/mol. The van der Waals surface area contributed by atoms with Gasteiger partial charge in [-0.3, -0.25) is 20.2 Å². The van der Waals surface area contributed by atoms with E-state index in [1.165, 1.54) is 24.3 Å². The Hall–Kier alpha value is -3.76. The van der Waals surface area contributed by atoms with Crippen molar-refractivity contribution in [3.8, 4) is 0 Å². The Morgan fingerprint density at radius 2 is 1.26 bits per heavy atom. The first-order valence-corrected chi connectivity index (χ1v) is 6.07. The molecule has 0 aliphatic heterocycles.